The first-order valence-electron chi connectivity index (χ1n) is 8.09. The van der Waals surface area contributed by atoms with Gasteiger partial charge in [-0.2, -0.15) is 5.10 Å². The highest BCUT2D eigenvalue weighted by Crippen LogP contribution is 2.32. The van der Waals surface area contributed by atoms with Gasteiger partial charge < -0.3 is 10.4 Å². The lowest BCUT2D eigenvalue weighted by atomic mass is 10.0. The number of rotatable bonds is 5. The zero-order valence-corrected chi connectivity index (χ0v) is 15.5. The summed E-state index contributed by atoms with van der Waals surface area (Å²) >= 11 is 1.35. The van der Waals surface area contributed by atoms with E-state index in [1.165, 1.54) is 11.3 Å². The third-order valence-electron chi connectivity index (χ3n) is 4.17. The minimum Gasteiger partial charge on any atom is -0.479 e. The fraction of sp³-hybridized carbons (Fsp3) is 0.211. The summed E-state index contributed by atoms with van der Waals surface area (Å²) in [4.78, 5) is 25.9. The molecule has 0 bridgehead atoms. The lowest BCUT2D eigenvalue weighted by Crippen LogP contribution is -2.34. The Kier molecular flexibility index (Phi) is 4.90. The summed E-state index contributed by atoms with van der Waals surface area (Å²) in [5.74, 6) is -1.53. The molecule has 0 aliphatic heterocycles. The molecule has 3 rings (SSSR count). The van der Waals surface area contributed by atoms with Gasteiger partial charge in [0.25, 0.3) is 5.91 Å². The Labute approximate surface area is 154 Å². The van der Waals surface area contributed by atoms with Crippen molar-refractivity contribution in [3.63, 3.8) is 0 Å². The highest BCUT2D eigenvalue weighted by molar-refractivity contribution is 7.17. The third kappa shape index (κ3) is 3.39. The van der Waals surface area contributed by atoms with Crippen molar-refractivity contribution in [3.05, 3.63) is 63.8 Å². The molecule has 1 atom stereocenters. The Morgan fingerprint density at radius 3 is 2.46 bits per heavy atom. The van der Waals surface area contributed by atoms with E-state index in [2.05, 4.69) is 15.5 Å². The number of aromatic amines is 1. The van der Waals surface area contributed by atoms with E-state index in [1.807, 2.05) is 37.3 Å². The van der Waals surface area contributed by atoms with E-state index in [-0.39, 0.29) is 0 Å². The van der Waals surface area contributed by atoms with Crippen molar-refractivity contribution in [2.24, 2.45) is 0 Å². The number of carbonyl (C=O) groups is 2. The van der Waals surface area contributed by atoms with Crippen molar-refractivity contribution in [1.29, 1.82) is 0 Å². The molecule has 0 aliphatic rings. The molecule has 2 heterocycles. The first-order chi connectivity index (χ1) is 12.4. The predicted octanol–water partition coefficient (Wildman–Crippen LogP) is 3.62. The number of aliphatic carboxylic acids is 1. The molecule has 1 amide bonds. The number of hydrogen-bond donors (Lipinski definition) is 3. The van der Waals surface area contributed by atoms with Crippen LogP contribution in [0.4, 0.5) is 0 Å². The largest absolute Gasteiger partial charge is 0.479 e. The van der Waals surface area contributed by atoms with Gasteiger partial charge in [-0.3, -0.25) is 9.89 Å². The minimum atomic E-state index is -1.15. The fourth-order valence-electron chi connectivity index (χ4n) is 2.91. The van der Waals surface area contributed by atoms with E-state index in [0.29, 0.717) is 21.8 Å². The van der Waals surface area contributed by atoms with Crippen molar-refractivity contribution in [3.8, 4) is 10.4 Å². The molecule has 1 unspecified atom stereocenters. The van der Waals surface area contributed by atoms with Crippen LogP contribution in [-0.2, 0) is 4.79 Å². The maximum absolute atomic E-state index is 12.7. The van der Waals surface area contributed by atoms with Crippen LogP contribution in [0.3, 0.4) is 0 Å². The summed E-state index contributed by atoms with van der Waals surface area (Å²) in [5, 5.41) is 19.0. The van der Waals surface area contributed by atoms with Crippen molar-refractivity contribution < 1.29 is 14.7 Å². The molecule has 6 nitrogen and oxygen atoms in total. The summed E-state index contributed by atoms with van der Waals surface area (Å²) in [5.41, 5.74) is 3.69. The lowest BCUT2D eigenvalue weighted by Gasteiger charge is -2.14. The first kappa shape index (κ1) is 17.9. The summed E-state index contributed by atoms with van der Waals surface area (Å²) in [7, 11) is 0. The van der Waals surface area contributed by atoms with Gasteiger partial charge >= 0.3 is 5.97 Å². The quantitative estimate of drug-likeness (QED) is 0.640. The van der Waals surface area contributed by atoms with E-state index >= 15 is 0 Å². The van der Waals surface area contributed by atoms with E-state index < -0.39 is 17.9 Å². The molecular formula is C19H19N3O3S. The summed E-state index contributed by atoms with van der Waals surface area (Å²) in [6.07, 6.45) is 0. The van der Waals surface area contributed by atoms with Gasteiger partial charge in [-0.25, -0.2) is 4.79 Å². The number of H-pyrrole nitrogens is 1. The van der Waals surface area contributed by atoms with E-state index in [0.717, 1.165) is 16.0 Å². The highest BCUT2D eigenvalue weighted by atomic mass is 32.1. The van der Waals surface area contributed by atoms with Gasteiger partial charge in [0.1, 0.15) is 0 Å². The molecule has 134 valence electrons. The van der Waals surface area contributed by atoms with E-state index in [1.54, 1.807) is 19.9 Å². The standard InChI is InChI=1S/C19H19N3O3S/c1-10-9-14(26-17(10)13-7-5-4-6-8-13)18(23)20-16(19(24)25)15-11(2)21-22-12(15)3/h4-9,16H,1-3H3,(H,20,23)(H,21,22)(H,24,25). The molecule has 0 saturated carbocycles. The molecule has 0 spiro atoms. The predicted molar refractivity (Wildman–Crippen MR) is 100 cm³/mol. The molecule has 0 radical (unpaired) electrons. The third-order valence-corrected chi connectivity index (χ3v) is 5.46. The van der Waals surface area contributed by atoms with Gasteiger partial charge in [0.2, 0.25) is 0 Å². The van der Waals surface area contributed by atoms with E-state index in [9.17, 15) is 14.7 Å². The Morgan fingerprint density at radius 1 is 1.19 bits per heavy atom. The van der Waals surface area contributed by atoms with Gasteiger partial charge in [-0.15, -0.1) is 11.3 Å². The zero-order valence-electron chi connectivity index (χ0n) is 14.7. The van der Waals surface area contributed by atoms with Crippen molar-refractivity contribution >= 4 is 23.2 Å². The second-order valence-electron chi connectivity index (χ2n) is 6.08. The second-order valence-corrected chi connectivity index (χ2v) is 7.13. The fourth-order valence-corrected chi connectivity index (χ4v) is 4.00. The van der Waals surface area contributed by atoms with Crippen LogP contribution in [0.15, 0.2) is 36.4 Å². The van der Waals surface area contributed by atoms with Crippen LogP contribution in [-0.4, -0.2) is 27.2 Å². The molecule has 0 fully saturated rings. The smallest absolute Gasteiger partial charge is 0.331 e. The number of aromatic nitrogens is 2. The van der Waals surface area contributed by atoms with Gasteiger partial charge in [0, 0.05) is 16.1 Å². The normalized spacial score (nSPS) is 12.0. The van der Waals surface area contributed by atoms with Crippen LogP contribution < -0.4 is 5.32 Å². The topological polar surface area (TPSA) is 95.1 Å². The maximum atomic E-state index is 12.7. The number of benzene rings is 1. The number of carbonyl (C=O) groups excluding carboxylic acids is 1. The second kappa shape index (κ2) is 7.13. The molecule has 3 N–H and O–H groups in total. The monoisotopic (exact) mass is 369 g/mol. The number of nitrogens with one attached hydrogen (secondary N) is 2. The van der Waals surface area contributed by atoms with Crippen LogP contribution in [0, 0.1) is 20.8 Å². The zero-order chi connectivity index (χ0) is 18.8. The molecule has 3 aromatic rings. The number of thiophene rings is 1. The van der Waals surface area contributed by atoms with Crippen LogP contribution >= 0.6 is 11.3 Å². The highest BCUT2D eigenvalue weighted by Gasteiger charge is 2.28. The molecule has 0 saturated heterocycles. The number of nitrogens with zero attached hydrogens (tertiary/aromatic N) is 1. The molecule has 1 aromatic carbocycles. The Balaban J connectivity index is 1.89. The van der Waals surface area contributed by atoms with Gasteiger partial charge in [-0.1, -0.05) is 30.3 Å². The first-order valence-corrected chi connectivity index (χ1v) is 8.91. The molecule has 26 heavy (non-hydrogen) atoms. The average Bonchev–Trinajstić information content (AvgIpc) is 3.16. The molecule has 7 heteroatoms. The number of carboxylic acid groups (broad SMARTS) is 1. The Bertz CT molecular complexity index is 940. The minimum absolute atomic E-state index is 0.410. The van der Waals surface area contributed by atoms with Crippen molar-refractivity contribution in [1.82, 2.24) is 15.5 Å². The number of amides is 1. The molecule has 2 aromatic heterocycles. The van der Waals surface area contributed by atoms with Gasteiger partial charge in [-0.05, 0) is 38.0 Å². The van der Waals surface area contributed by atoms with Crippen LogP contribution in [0.5, 0.6) is 0 Å². The Hall–Kier alpha value is -2.93. The average molecular weight is 369 g/mol. The molecular weight excluding hydrogens is 350 g/mol. The Morgan fingerprint density at radius 2 is 1.88 bits per heavy atom. The number of aryl methyl sites for hydroxylation is 3. The van der Waals surface area contributed by atoms with E-state index in [4.69, 9.17) is 0 Å². The number of hydrogen-bond acceptors (Lipinski definition) is 4. The summed E-state index contributed by atoms with van der Waals surface area (Å²) in [6, 6.07) is 10.4. The van der Waals surface area contributed by atoms with Crippen LogP contribution in [0.25, 0.3) is 10.4 Å². The molecule has 0 aliphatic carbocycles. The van der Waals surface area contributed by atoms with Crippen LogP contribution in [0.2, 0.25) is 0 Å². The summed E-state index contributed by atoms with van der Waals surface area (Å²) in [6.45, 7) is 5.39. The lowest BCUT2D eigenvalue weighted by molar-refractivity contribution is -0.139. The number of carboxylic acids is 1. The van der Waals surface area contributed by atoms with Crippen molar-refractivity contribution in [2.75, 3.05) is 0 Å². The van der Waals surface area contributed by atoms with Gasteiger partial charge in [0.15, 0.2) is 6.04 Å². The van der Waals surface area contributed by atoms with Crippen LogP contribution in [0.1, 0.15) is 38.2 Å². The SMILES string of the molecule is Cc1cc(C(=O)NC(C(=O)O)c2c(C)n[nH]c2C)sc1-c1ccccc1. The maximum Gasteiger partial charge on any atom is 0.331 e. The summed E-state index contributed by atoms with van der Waals surface area (Å²) < 4.78 is 0. The van der Waals surface area contributed by atoms with Crippen molar-refractivity contribution in [2.45, 2.75) is 26.8 Å². The van der Waals surface area contributed by atoms with Gasteiger partial charge in [0.05, 0.1) is 10.6 Å².